The highest BCUT2D eigenvalue weighted by Gasteiger charge is 2.20. The van der Waals surface area contributed by atoms with E-state index in [2.05, 4.69) is 34.1 Å². The maximum Gasteiger partial charge on any atom is 0.340 e. The standard InChI is InChI=1S/C23H27N3O2/c1-16-19-8-6-7-9-20(19)24-21(22(16)23(27)28-5)15-26(4)14-17-10-12-18(13-11-17)25(2)3/h6-13H,14-15H2,1-5H3. The number of rotatable bonds is 6. The van der Waals surface area contributed by atoms with Crippen molar-refractivity contribution in [1.82, 2.24) is 9.88 Å². The highest BCUT2D eigenvalue weighted by Crippen LogP contribution is 2.25. The molecule has 2 aromatic carbocycles. The van der Waals surface area contributed by atoms with Gasteiger partial charge in [0.1, 0.15) is 0 Å². The number of pyridine rings is 1. The highest BCUT2D eigenvalue weighted by atomic mass is 16.5. The number of nitrogens with zero attached hydrogens (tertiary/aromatic N) is 3. The normalized spacial score (nSPS) is 11.1. The Morgan fingerprint density at radius 1 is 1.00 bits per heavy atom. The van der Waals surface area contributed by atoms with E-state index >= 15 is 0 Å². The van der Waals surface area contributed by atoms with E-state index < -0.39 is 0 Å². The SMILES string of the molecule is COC(=O)c1c(CN(C)Cc2ccc(N(C)C)cc2)nc2ccccc2c1C. The van der Waals surface area contributed by atoms with Gasteiger partial charge in [-0.05, 0) is 43.3 Å². The Bertz CT molecular complexity index is 981. The van der Waals surface area contributed by atoms with Crippen molar-refractivity contribution in [3.63, 3.8) is 0 Å². The average Bonchev–Trinajstić information content (AvgIpc) is 2.68. The Kier molecular flexibility index (Phi) is 5.95. The molecule has 0 aliphatic rings. The van der Waals surface area contributed by atoms with Crippen LogP contribution in [0.5, 0.6) is 0 Å². The monoisotopic (exact) mass is 377 g/mol. The number of aryl methyl sites for hydroxylation is 1. The van der Waals surface area contributed by atoms with Crippen molar-refractivity contribution in [2.45, 2.75) is 20.0 Å². The van der Waals surface area contributed by atoms with Gasteiger partial charge in [-0.25, -0.2) is 4.79 Å². The van der Waals surface area contributed by atoms with Crippen molar-refractivity contribution in [2.24, 2.45) is 0 Å². The Morgan fingerprint density at radius 2 is 1.68 bits per heavy atom. The Balaban J connectivity index is 1.88. The third-order valence-corrected chi connectivity index (χ3v) is 4.94. The third-order valence-electron chi connectivity index (χ3n) is 4.94. The second kappa shape index (κ2) is 8.40. The highest BCUT2D eigenvalue weighted by molar-refractivity contribution is 5.98. The molecule has 1 heterocycles. The van der Waals surface area contributed by atoms with Crippen LogP contribution in [0.3, 0.4) is 0 Å². The Hall–Kier alpha value is -2.92. The van der Waals surface area contributed by atoms with Gasteiger partial charge in [-0.1, -0.05) is 30.3 Å². The summed E-state index contributed by atoms with van der Waals surface area (Å²) in [6.45, 7) is 3.28. The molecule has 5 heteroatoms. The maximum atomic E-state index is 12.5. The van der Waals surface area contributed by atoms with E-state index in [1.54, 1.807) is 0 Å². The molecule has 0 unspecified atom stereocenters. The van der Waals surface area contributed by atoms with E-state index in [0.29, 0.717) is 12.1 Å². The van der Waals surface area contributed by atoms with Crippen LogP contribution in [0.25, 0.3) is 10.9 Å². The number of methoxy groups -OCH3 is 1. The van der Waals surface area contributed by atoms with Gasteiger partial charge in [0.25, 0.3) is 0 Å². The van der Waals surface area contributed by atoms with E-state index in [1.807, 2.05) is 52.3 Å². The molecule has 5 nitrogen and oxygen atoms in total. The van der Waals surface area contributed by atoms with Crippen LogP contribution < -0.4 is 4.90 Å². The summed E-state index contributed by atoms with van der Waals surface area (Å²) in [6, 6.07) is 16.4. The zero-order valence-corrected chi connectivity index (χ0v) is 17.2. The predicted octanol–water partition coefficient (Wildman–Crippen LogP) is 4.03. The topological polar surface area (TPSA) is 45.7 Å². The summed E-state index contributed by atoms with van der Waals surface area (Å²) in [6.07, 6.45) is 0. The van der Waals surface area contributed by atoms with E-state index in [1.165, 1.54) is 18.4 Å². The fraction of sp³-hybridized carbons (Fsp3) is 0.304. The van der Waals surface area contributed by atoms with Crippen LogP contribution in [-0.4, -0.2) is 44.1 Å². The number of carbonyl (C=O) groups excluding carboxylic acids is 1. The Labute approximate surface area is 166 Å². The summed E-state index contributed by atoms with van der Waals surface area (Å²) < 4.78 is 5.04. The molecular formula is C23H27N3O2. The van der Waals surface area contributed by atoms with Crippen molar-refractivity contribution in [3.8, 4) is 0 Å². The molecule has 3 aromatic rings. The molecule has 0 spiro atoms. The van der Waals surface area contributed by atoms with E-state index in [9.17, 15) is 4.79 Å². The van der Waals surface area contributed by atoms with Gasteiger partial charge < -0.3 is 9.64 Å². The number of esters is 1. The van der Waals surface area contributed by atoms with Gasteiger partial charge in [0, 0.05) is 38.3 Å². The lowest BCUT2D eigenvalue weighted by Gasteiger charge is -2.20. The van der Waals surface area contributed by atoms with Crippen molar-refractivity contribution < 1.29 is 9.53 Å². The van der Waals surface area contributed by atoms with E-state index in [4.69, 9.17) is 9.72 Å². The number of para-hydroxylation sites is 1. The van der Waals surface area contributed by atoms with Gasteiger partial charge in [0.05, 0.1) is 23.9 Å². The maximum absolute atomic E-state index is 12.5. The molecule has 0 amide bonds. The molecular weight excluding hydrogens is 350 g/mol. The molecule has 0 bridgehead atoms. The van der Waals surface area contributed by atoms with E-state index in [0.717, 1.165) is 28.7 Å². The number of ether oxygens (including phenoxy) is 1. The smallest absolute Gasteiger partial charge is 0.340 e. The first kappa shape index (κ1) is 19.8. The quantitative estimate of drug-likeness (QED) is 0.607. The predicted molar refractivity (Wildman–Crippen MR) is 114 cm³/mol. The van der Waals surface area contributed by atoms with E-state index in [-0.39, 0.29) is 5.97 Å². The fourth-order valence-electron chi connectivity index (χ4n) is 3.45. The molecule has 0 atom stereocenters. The lowest BCUT2D eigenvalue weighted by molar-refractivity contribution is 0.0597. The van der Waals surface area contributed by atoms with Gasteiger partial charge >= 0.3 is 5.97 Å². The molecule has 0 saturated carbocycles. The molecule has 28 heavy (non-hydrogen) atoms. The van der Waals surface area contributed by atoms with Crippen molar-refractivity contribution >= 4 is 22.6 Å². The van der Waals surface area contributed by atoms with Crippen LogP contribution in [0.1, 0.15) is 27.2 Å². The molecule has 0 N–H and O–H groups in total. The van der Waals surface area contributed by atoms with Crippen molar-refractivity contribution in [2.75, 3.05) is 33.2 Å². The third kappa shape index (κ3) is 4.15. The van der Waals surface area contributed by atoms with Crippen molar-refractivity contribution in [3.05, 3.63) is 70.9 Å². The summed E-state index contributed by atoms with van der Waals surface area (Å²) in [7, 11) is 7.51. The minimum atomic E-state index is -0.338. The molecule has 0 fully saturated rings. The molecule has 0 aliphatic heterocycles. The number of hydrogen-bond acceptors (Lipinski definition) is 5. The van der Waals surface area contributed by atoms with Gasteiger partial charge in [-0.3, -0.25) is 9.88 Å². The summed E-state index contributed by atoms with van der Waals surface area (Å²) in [5, 5.41) is 0.980. The van der Waals surface area contributed by atoms with Crippen LogP contribution in [-0.2, 0) is 17.8 Å². The van der Waals surface area contributed by atoms with Crippen LogP contribution in [0, 0.1) is 6.92 Å². The van der Waals surface area contributed by atoms with Gasteiger partial charge in [-0.15, -0.1) is 0 Å². The first-order valence-electron chi connectivity index (χ1n) is 9.32. The number of carbonyl (C=O) groups is 1. The first-order valence-corrected chi connectivity index (χ1v) is 9.32. The fourth-order valence-corrected chi connectivity index (χ4v) is 3.45. The lowest BCUT2D eigenvalue weighted by Crippen LogP contribution is -2.21. The number of anilines is 1. The van der Waals surface area contributed by atoms with Crippen molar-refractivity contribution in [1.29, 1.82) is 0 Å². The minimum Gasteiger partial charge on any atom is -0.465 e. The number of benzene rings is 2. The summed E-state index contributed by atoms with van der Waals surface area (Å²) >= 11 is 0. The minimum absolute atomic E-state index is 0.338. The van der Waals surface area contributed by atoms with Crippen LogP contribution in [0.2, 0.25) is 0 Å². The van der Waals surface area contributed by atoms with Crippen LogP contribution in [0.4, 0.5) is 5.69 Å². The Morgan fingerprint density at radius 3 is 2.32 bits per heavy atom. The number of hydrogen-bond donors (Lipinski definition) is 0. The number of aromatic nitrogens is 1. The zero-order chi connectivity index (χ0) is 20.3. The van der Waals surface area contributed by atoms with Gasteiger partial charge in [-0.2, -0.15) is 0 Å². The molecule has 0 saturated heterocycles. The van der Waals surface area contributed by atoms with Crippen LogP contribution in [0.15, 0.2) is 48.5 Å². The summed E-state index contributed by atoms with van der Waals surface area (Å²) in [5.41, 5.74) is 5.51. The molecule has 0 radical (unpaired) electrons. The van der Waals surface area contributed by atoms with Crippen LogP contribution >= 0.6 is 0 Å². The lowest BCUT2D eigenvalue weighted by atomic mass is 10.0. The summed E-state index contributed by atoms with van der Waals surface area (Å²) in [5.74, 6) is -0.338. The second-order valence-corrected chi connectivity index (χ2v) is 7.30. The molecule has 0 aliphatic carbocycles. The average molecular weight is 377 g/mol. The molecule has 3 rings (SSSR count). The first-order chi connectivity index (χ1) is 13.4. The largest absolute Gasteiger partial charge is 0.465 e. The molecule has 1 aromatic heterocycles. The number of fused-ring (bicyclic) bond motifs is 1. The van der Waals surface area contributed by atoms with Gasteiger partial charge in [0.2, 0.25) is 0 Å². The zero-order valence-electron chi connectivity index (χ0n) is 17.2. The molecule has 146 valence electrons. The van der Waals surface area contributed by atoms with Gasteiger partial charge in [0.15, 0.2) is 0 Å². The summed E-state index contributed by atoms with van der Waals surface area (Å²) in [4.78, 5) is 21.5. The second-order valence-electron chi connectivity index (χ2n) is 7.30.